The molecule has 0 radical (unpaired) electrons. The Balaban J connectivity index is 2.67. The summed E-state index contributed by atoms with van der Waals surface area (Å²) in [6, 6.07) is 1.90. The van der Waals surface area contributed by atoms with Crippen molar-refractivity contribution in [2.75, 3.05) is 7.11 Å². The van der Waals surface area contributed by atoms with E-state index in [-0.39, 0.29) is 0 Å². The number of nitrogens with zero attached hydrogens (tertiary/aromatic N) is 1. The highest BCUT2D eigenvalue weighted by Gasteiger charge is 2.07. The van der Waals surface area contributed by atoms with E-state index in [1.165, 1.54) is 0 Å². The standard InChI is InChI=1S/C13H12N2O/c1-4-10-11-5-6-14-8-13(11)15-12(10)7-9(2)16-3/h1,5-8,15H,2-3H3/b9-7+. The normalized spacial score (nSPS) is 11.4. The van der Waals surface area contributed by atoms with Crippen LogP contribution in [0.4, 0.5) is 0 Å². The molecule has 0 aliphatic rings. The summed E-state index contributed by atoms with van der Waals surface area (Å²) in [5.74, 6) is 3.49. The SMILES string of the molecule is C#Cc1c(/C=C(\C)OC)[nH]c2cnccc12. The second-order valence-corrected chi connectivity index (χ2v) is 3.44. The number of hydrogen-bond donors (Lipinski definition) is 1. The van der Waals surface area contributed by atoms with E-state index in [9.17, 15) is 0 Å². The Bertz CT molecular complexity index is 587. The zero-order chi connectivity index (χ0) is 11.5. The molecule has 80 valence electrons. The van der Waals surface area contributed by atoms with Crippen molar-refractivity contribution in [1.29, 1.82) is 0 Å². The van der Waals surface area contributed by atoms with Gasteiger partial charge in [-0.25, -0.2) is 0 Å². The van der Waals surface area contributed by atoms with E-state index >= 15 is 0 Å². The molecule has 3 nitrogen and oxygen atoms in total. The van der Waals surface area contributed by atoms with Gasteiger partial charge in [-0.2, -0.15) is 0 Å². The molecule has 1 N–H and O–H groups in total. The van der Waals surface area contributed by atoms with Crippen LogP contribution >= 0.6 is 0 Å². The van der Waals surface area contributed by atoms with Crippen LogP contribution < -0.4 is 0 Å². The van der Waals surface area contributed by atoms with Crippen LogP contribution in [-0.4, -0.2) is 17.1 Å². The van der Waals surface area contributed by atoms with Gasteiger partial charge in [-0.05, 0) is 13.0 Å². The molecule has 0 unspecified atom stereocenters. The van der Waals surface area contributed by atoms with Crippen LogP contribution in [0.5, 0.6) is 0 Å². The van der Waals surface area contributed by atoms with Crippen LogP contribution in [0.1, 0.15) is 18.2 Å². The number of allylic oxidation sites excluding steroid dienone is 1. The van der Waals surface area contributed by atoms with E-state index in [0.717, 1.165) is 27.9 Å². The summed E-state index contributed by atoms with van der Waals surface area (Å²) in [6.07, 6.45) is 10.9. The number of fused-ring (bicyclic) bond motifs is 1. The van der Waals surface area contributed by atoms with Gasteiger partial charge in [0.15, 0.2) is 0 Å². The molecule has 0 aliphatic heterocycles. The first-order valence-electron chi connectivity index (χ1n) is 4.91. The number of pyridine rings is 1. The topological polar surface area (TPSA) is 37.9 Å². The first-order chi connectivity index (χ1) is 7.76. The van der Waals surface area contributed by atoms with Crippen molar-refractivity contribution in [3.8, 4) is 12.3 Å². The van der Waals surface area contributed by atoms with Crippen LogP contribution in [0.25, 0.3) is 17.0 Å². The van der Waals surface area contributed by atoms with Crippen molar-refractivity contribution < 1.29 is 4.74 Å². The van der Waals surface area contributed by atoms with Gasteiger partial charge in [0.2, 0.25) is 0 Å². The van der Waals surface area contributed by atoms with Gasteiger partial charge < -0.3 is 9.72 Å². The third-order valence-electron chi connectivity index (χ3n) is 2.44. The fraction of sp³-hybridized carbons (Fsp3) is 0.154. The summed E-state index contributed by atoms with van der Waals surface area (Å²) in [7, 11) is 1.63. The number of aromatic nitrogens is 2. The summed E-state index contributed by atoms with van der Waals surface area (Å²) < 4.78 is 5.11. The Morgan fingerprint density at radius 2 is 2.44 bits per heavy atom. The maximum Gasteiger partial charge on any atom is 0.0945 e. The molecular formula is C13H12N2O. The molecule has 2 heterocycles. The smallest absolute Gasteiger partial charge is 0.0945 e. The van der Waals surface area contributed by atoms with Gasteiger partial charge in [-0.1, -0.05) is 5.92 Å². The lowest BCUT2D eigenvalue weighted by Crippen LogP contribution is -1.82. The zero-order valence-corrected chi connectivity index (χ0v) is 9.24. The van der Waals surface area contributed by atoms with Crippen molar-refractivity contribution >= 4 is 17.0 Å². The van der Waals surface area contributed by atoms with Gasteiger partial charge in [0.25, 0.3) is 0 Å². The second kappa shape index (κ2) is 4.11. The van der Waals surface area contributed by atoms with E-state index in [1.54, 1.807) is 19.5 Å². The number of hydrogen-bond acceptors (Lipinski definition) is 2. The van der Waals surface area contributed by atoms with Gasteiger partial charge in [0.05, 0.1) is 35.8 Å². The number of nitrogens with one attached hydrogen (secondary N) is 1. The fourth-order valence-electron chi connectivity index (χ4n) is 1.59. The third-order valence-corrected chi connectivity index (χ3v) is 2.44. The van der Waals surface area contributed by atoms with Crippen molar-refractivity contribution in [2.24, 2.45) is 0 Å². The lowest BCUT2D eigenvalue weighted by molar-refractivity contribution is 0.297. The highest BCUT2D eigenvalue weighted by atomic mass is 16.5. The molecule has 0 amide bonds. The summed E-state index contributed by atoms with van der Waals surface area (Å²) in [4.78, 5) is 7.27. The van der Waals surface area contributed by atoms with Gasteiger partial charge in [-0.15, -0.1) is 6.42 Å². The highest BCUT2D eigenvalue weighted by Crippen LogP contribution is 2.22. The minimum Gasteiger partial charge on any atom is -0.501 e. The van der Waals surface area contributed by atoms with Gasteiger partial charge in [0, 0.05) is 17.7 Å². The van der Waals surface area contributed by atoms with E-state index in [4.69, 9.17) is 11.2 Å². The predicted octanol–water partition coefficient (Wildman–Crippen LogP) is 2.55. The molecule has 0 atom stereocenters. The second-order valence-electron chi connectivity index (χ2n) is 3.44. The Morgan fingerprint density at radius 1 is 1.62 bits per heavy atom. The third kappa shape index (κ3) is 1.66. The lowest BCUT2D eigenvalue weighted by Gasteiger charge is -1.97. The Hall–Kier alpha value is -2.21. The van der Waals surface area contributed by atoms with Crippen LogP contribution in [0.15, 0.2) is 24.2 Å². The number of methoxy groups -OCH3 is 1. The van der Waals surface area contributed by atoms with E-state index in [2.05, 4.69) is 15.9 Å². The predicted molar refractivity (Wildman–Crippen MR) is 64.7 cm³/mol. The number of aromatic amines is 1. The first-order valence-corrected chi connectivity index (χ1v) is 4.91. The summed E-state index contributed by atoms with van der Waals surface area (Å²) in [5.41, 5.74) is 2.66. The minimum absolute atomic E-state index is 0.802. The van der Waals surface area contributed by atoms with Crippen molar-refractivity contribution in [2.45, 2.75) is 6.92 Å². The molecule has 0 aromatic carbocycles. The minimum atomic E-state index is 0.802. The van der Waals surface area contributed by atoms with Crippen LogP contribution in [-0.2, 0) is 4.74 Å². The summed E-state index contributed by atoms with van der Waals surface area (Å²) in [6.45, 7) is 1.88. The van der Waals surface area contributed by atoms with Gasteiger partial charge >= 0.3 is 0 Å². The molecule has 0 fully saturated rings. The van der Waals surface area contributed by atoms with Gasteiger partial charge in [0.1, 0.15) is 0 Å². The number of terminal acetylenes is 1. The van der Waals surface area contributed by atoms with Crippen LogP contribution in [0.2, 0.25) is 0 Å². The molecule has 0 spiro atoms. The average Bonchev–Trinajstić information content (AvgIpc) is 2.65. The largest absolute Gasteiger partial charge is 0.501 e. The van der Waals surface area contributed by atoms with Crippen LogP contribution in [0.3, 0.4) is 0 Å². The average molecular weight is 212 g/mol. The van der Waals surface area contributed by atoms with Crippen molar-refractivity contribution in [1.82, 2.24) is 9.97 Å². The maximum absolute atomic E-state index is 5.52. The van der Waals surface area contributed by atoms with E-state index in [1.807, 2.05) is 19.1 Å². The Kier molecular flexibility index (Phi) is 2.65. The highest BCUT2D eigenvalue weighted by molar-refractivity contribution is 5.89. The monoisotopic (exact) mass is 212 g/mol. The molecule has 0 saturated carbocycles. The quantitative estimate of drug-likeness (QED) is 0.613. The molecule has 2 rings (SSSR count). The first kappa shape index (κ1) is 10.3. The summed E-state index contributed by atoms with van der Waals surface area (Å²) >= 11 is 0. The molecule has 0 aliphatic carbocycles. The molecule has 16 heavy (non-hydrogen) atoms. The van der Waals surface area contributed by atoms with Crippen LogP contribution in [0, 0.1) is 12.3 Å². The number of ether oxygens (including phenoxy) is 1. The fourth-order valence-corrected chi connectivity index (χ4v) is 1.59. The van der Waals surface area contributed by atoms with E-state index < -0.39 is 0 Å². The van der Waals surface area contributed by atoms with Crippen molar-refractivity contribution in [3.05, 3.63) is 35.5 Å². The lowest BCUT2D eigenvalue weighted by atomic mass is 10.1. The Morgan fingerprint density at radius 3 is 3.12 bits per heavy atom. The maximum atomic E-state index is 5.52. The Labute approximate surface area is 94.2 Å². The molecule has 0 saturated heterocycles. The molecular weight excluding hydrogens is 200 g/mol. The number of H-pyrrole nitrogens is 1. The molecule has 0 bridgehead atoms. The van der Waals surface area contributed by atoms with E-state index in [0.29, 0.717) is 0 Å². The summed E-state index contributed by atoms with van der Waals surface area (Å²) in [5, 5.41) is 1.01. The van der Waals surface area contributed by atoms with Crippen molar-refractivity contribution in [3.63, 3.8) is 0 Å². The zero-order valence-electron chi connectivity index (χ0n) is 9.24. The number of rotatable bonds is 2. The van der Waals surface area contributed by atoms with Gasteiger partial charge in [-0.3, -0.25) is 4.98 Å². The molecule has 2 aromatic rings. The molecule has 3 heteroatoms. The molecule has 2 aromatic heterocycles.